The number of likely N-dealkylation sites (tertiary alicyclic amines) is 1. The SMILES string of the molecule is CCOc1ccc(OCC(=O)OCC(=O)N2CCC(C(N)=O)CC2)cc1. The van der Waals surface area contributed by atoms with E-state index in [1.54, 1.807) is 29.2 Å². The third-order valence-corrected chi connectivity index (χ3v) is 4.10. The number of nitrogens with two attached hydrogens (primary N) is 1. The number of primary amides is 1. The van der Waals surface area contributed by atoms with Crippen molar-refractivity contribution in [2.45, 2.75) is 19.8 Å². The number of piperidine rings is 1. The smallest absolute Gasteiger partial charge is 0.344 e. The molecule has 26 heavy (non-hydrogen) atoms. The van der Waals surface area contributed by atoms with Crippen LogP contribution in [-0.4, -0.2) is 55.6 Å². The Hall–Kier alpha value is -2.77. The molecule has 0 aromatic heterocycles. The predicted molar refractivity (Wildman–Crippen MR) is 92.6 cm³/mol. The van der Waals surface area contributed by atoms with E-state index in [1.165, 1.54) is 0 Å². The monoisotopic (exact) mass is 364 g/mol. The van der Waals surface area contributed by atoms with E-state index in [4.69, 9.17) is 19.9 Å². The molecule has 8 heteroatoms. The molecule has 1 aromatic rings. The van der Waals surface area contributed by atoms with Crippen molar-refractivity contribution < 1.29 is 28.6 Å². The molecular weight excluding hydrogens is 340 g/mol. The molecule has 0 atom stereocenters. The van der Waals surface area contributed by atoms with E-state index in [0.29, 0.717) is 44.0 Å². The summed E-state index contributed by atoms with van der Waals surface area (Å²) in [7, 11) is 0. The largest absolute Gasteiger partial charge is 0.494 e. The molecule has 1 aliphatic rings. The maximum absolute atomic E-state index is 12.0. The fourth-order valence-corrected chi connectivity index (χ4v) is 2.63. The molecule has 1 heterocycles. The van der Waals surface area contributed by atoms with Gasteiger partial charge < -0.3 is 24.8 Å². The Morgan fingerprint density at radius 3 is 2.15 bits per heavy atom. The van der Waals surface area contributed by atoms with E-state index < -0.39 is 5.97 Å². The van der Waals surface area contributed by atoms with E-state index in [-0.39, 0.29) is 30.9 Å². The van der Waals surface area contributed by atoms with Gasteiger partial charge in [0, 0.05) is 19.0 Å². The Bertz CT molecular complexity index is 623. The second-order valence-electron chi connectivity index (χ2n) is 5.91. The van der Waals surface area contributed by atoms with Crippen LogP contribution in [0.2, 0.25) is 0 Å². The summed E-state index contributed by atoms with van der Waals surface area (Å²) in [4.78, 5) is 36.4. The van der Waals surface area contributed by atoms with Crippen molar-refractivity contribution in [3.8, 4) is 11.5 Å². The zero-order valence-electron chi connectivity index (χ0n) is 14.8. The Kier molecular flexibility index (Phi) is 7.25. The van der Waals surface area contributed by atoms with Crippen LogP contribution in [0.3, 0.4) is 0 Å². The van der Waals surface area contributed by atoms with Gasteiger partial charge >= 0.3 is 5.97 Å². The van der Waals surface area contributed by atoms with Crippen LogP contribution in [0.4, 0.5) is 0 Å². The average molecular weight is 364 g/mol. The van der Waals surface area contributed by atoms with Crippen molar-refractivity contribution in [3.63, 3.8) is 0 Å². The minimum absolute atomic E-state index is 0.191. The number of esters is 1. The van der Waals surface area contributed by atoms with Gasteiger partial charge in [-0.05, 0) is 44.0 Å². The second kappa shape index (κ2) is 9.65. The lowest BCUT2D eigenvalue weighted by atomic mass is 9.96. The standard InChI is InChI=1S/C18H24N2O6/c1-2-24-14-3-5-15(6-4-14)25-12-17(22)26-11-16(21)20-9-7-13(8-10-20)18(19)23/h3-6,13H,2,7-12H2,1H3,(H2,19,23). The third kappa shape index (κ3) is 5.94. The van der Waals surface area contributed by atoms with E-state index in [0.717, 1.165) is 0 Å². The first kappa shape index (κ1) is 19.6. The van der Waals surface area contributed by atoms with Crippen molar-refractivity contribution in [2.75, 3.05) is 32.9 Å². The number of nitrogens with zero attached hydrogens (tertiary/aromatic N) is 1. The molecule has 142 valence electrons. The zero-order valence-corrected chi connectivity index (χ0v) is 14.8. The predicted octanol–water partition coefficient (Wildman–Crippen LogP) is 0.731. The molecule has 0 aliphatic carbocycles. The van der Waals surface area contributed by atoms with Crippen LogP contribution in [0, 0.1) is 5.92 Å². The molecule has 1 saturated heterocycles. The van der Waals surface area contributed by atoms with Gasteiger partial charge in [0.2, 0.25) is 5.91 Å². The Balaban J connectivity index is 1.66. The molecule has 8 nitrogen and oxygen atoms in total. The fourth-order valence-electron chi connectivity index (χ4n) is 2.63. The molecule has 0 spiro atoms. The Morgan fingerprint density at radius 1 is 1.04 bits per heavy atom. The van der Waals surface area contributed by atoms with Crippen LogP contribution in [0.15, 0.2) is 24.3 Å². The number of ether oxygens (including phenoxy) is 3. The van der Waals surface area contributed by atoms with Crippen LogP contribution in [0.25, 0.3) is 0 Å². The molecule has 1 aromatic carbocycles. The maximum atomic E-state index is 12.0. The number of amides is 2. The van der Waals surface area contributed by atoms with E-state index in [2.05, 4.69) is 0 Å². The lowest BCUT2D eigenvalue weighted by Gasteiger charge is -2.30. The Morgan fingerprint density at radius 2 is 1.62 bits per heavy atom. The van der Waals surface area contributed by atoms with Crippen LogP contribution < -0.4 is 15.2 Å². The molecule has 0 unspecified atom stereocenters. The van der Waals surface area contributed by atoms with Crippen LogP contribution >= 0.6 is 0 Å². The highest BCUT2D eigenvalue weighted by atomic mass is 16.6. The summed E-state index contributed by atoms with van der Waals surface area (Å²) in [5.41, 5.74) is 5.26. The highest BCUT2D eigenvalue weighted by Gasteiger charge is 2.26. The summed E-state index contributed by atoms with van der Waals surface area (Å²) >= 11 is 0. The summed E-state index contributed by atoms with van der Waals surface area (Å²) < 4.78 is 15.6. The van der Waals surface area contributed by atoms with Gasteiger partial charge in [-0.3, -0.25) is 9.59 Å². The molecule has 2 rings (SSSR count). The minimum Gasteiger partial charge on any atom is -0.494 e. The van der Waals surface area contributed by atoms with Crippen LogP contribution in [0.5, 0.6) is 11.5 Å². The van der Waals surface area contributed by atoms with Gasteiger partial charge in [0.15, 0.2) is 13.2 Å². The van der Waals surface area contributed by atoms with Crippen molar-refractivity contribution in [1.82, 2.24) is 4.90 Å². The van der Waals surface area contributed by atoms with Crippen molar-refractivity contribution >= 4 is 17.8 Å². The summed E-state index contributed by atoms with van der Waals surface area (Å²) in [5, 5.41) is 0. The molecule has 2 N–H and O–H groups in total. The molecule has 1 aliphatic heterocycles. The summed E-state index contributed by atoms with van der Waals surface area (Å²) in [6.07, 6.45) is 1.08. The van der Waals surface area contributed by atoms with Gasteiger partial charge in [-0.1, -0.05) is 0 Å². The van der Waals surface area contributed by atoms with Crippen molar-refractivity contribution in [3.05, 3.63) is 24.3 Å². The summed E-state index contributed by atoms with van der Waals surface area (Å²) in [6.45, 7) is 2.71. The van der Waals surface area contributed by atoms with Gasteiger partial charge in [0.1, 0.15) is 11.5 Å². The first-order chi connectivity index (χ1) is 12.5. The number of carbonyl (C=O) groups is 3. The van der Waals surface area contributed by atoms with Gasteiger partial charge in [0.25, 0.3) is 5.91 Å². The lowest BCUT2D eigenvalue weighted by Crippen LogP contribution is -2.43. The van der Waals surface area contributed by atoms with Gasteiger partial charge in [-0.2, -0.15) is 0 Å². The molecular formula is C18H24N2O6. The van der Waals surface area contributed by atoms with Crippen molar-refractivity contribution in [1.29, 1.82) is 0 Å². The quantitative estimate of drug-likeness (QED) is 0.681. The lowest BCUT2D eigenvalue weighted by molar-refractivity contribution is -0.154. The minimum atomic E-state index is -0.626. The topological polar surface area (TPSA) is 108 Å². The Labute approximate surface area is 152 Å². The first-order valence-corrected chi connectivity index (χ1v) is 8.58. The summed E-state index contributed by atoms with van der Waals surface area (Å²) in [6, 6.07) is 6.85. The molecule has 2 amide bonds. The van der Waals surface area contributed by atoms with Gasteiger partial charge in [0.05, 0.1) is 6.61 Å². The average Bonchev–Trinajstić information content (AvgIpc) is 2.66. The third-order valence-electron chi connectivity index (χ3n) is 4.10. The van der Waals surface area contributed by atoms with E-state index in [9.17, 15) is 14.4 Å². The number of rotatable bonds is 8. The number of carbonyl (C=O) groups excluding carboxylic acids is 3. The highest BCUT2D eigenvalue weighted by Crippen LogP contribution is 2.18. The number of hydrogen-bond donors (Lipinski definition) is 1. The first-order valence-electron chi connectivity index (χ1n) is 8.58. The van der Waals surface area contributed by atoms with Crippen molar-refractivity contribution in [2.24, 2.45) is 11.7 Å². The zero-order chi connectivity index (χ0) is 18.9. The maximum Gasteiger partial charge on any atom is 0.344 e. The second-order valence-corrected chi connectivity index (χ2v) is 5.91. The summed E-state index contributed by atoms with van der Waals surface area (Å²) in [5.74, 6) is -0.223. The van der Waals surface area contributed by atoms with Crippen LogP contribution in [-0.2, 0) is 19.1 Å². The molecule has 0 radical (unpaired) electrons. The molecule has 1 fully saturated rings. The highest BCUT2D eigenvalue weighted by molar-refractivity contribution is 5.82. The normalized spacial score (nSPS) is 14.6. The van der Waals surface area contributed by atoms with Crippen LogP contribution in [0.1, 0.15) is 19.8 Å². The van der Waals surface area contributed by atoms with Gasteiger partial charge in [-0.15, -0.1) is 0 Å². The number of hydrogen-bond acceptors (Lipinski definition) is 6. The number of benzene rings is 1. The van der Waals surface area contributed by atoms with E-state index >= 15 is 0 Å². The van der Waals surface area contributed by atoms with E-state index in [1.807, 2.05) is 6.92 Å². The molecule has 0 saturated carbocycles. The van der Waals surface area contributed by atoms with Gasteiger partial charge in [-0.25, -0.2) is 4.79 Å². The fraction of sp³-hybridized carbons (Fsp3) is 0.500. The molecule has 0 bridgehead atoms.